The average Bonchev–Trinajstić information content (AvgIpc) is 3.14. The maximum atomic E-state index is 5.85. The van der Waals surface area contributed by atoms with E-state index >= 15 is 0 Å². The van der Waals surface area contributed by atoms with E-state index in [1.165, 1.54) is 17.3 Å². The minimum atomic E-state index is 0.261. The first kappa shape index (κ1) is 20.1. The van der Waals surface area contributed by atoms with Crippen molar-refractivity contribution in [3.05, 3.63) is 71.5 Å². The molecule has 2 aromatic carbocycles. The van der Waals surface area contributed by atoms with E-state index < -0.39 is 0 Å². The van der Waals surface area contributed by atoms with Gasteiger partial charge < -0.3 is 4.74 Å². The fourth-order valence-corrected chi connectivity index (χ4v) is 3.19. The molecule has 146 valence electrons. The first-order valence-electron chi connectivity index (χ1n) is 9.48. The van der Waals surface area contributed by atoms with Crippen LogP contribution in [-0.4, -0.2) is 34.0 Å². The van der Waals surface area contributed by atoms with Gasteiger partial charge in [0.05, 0.1) is 12.8 Å². The lowest BCUT2D eigenvalue weighted by Gasteiger charge is -2.07. The molecule has 0 amide bonds. The van der Waals surface area contributed by atoms with Crippen molar-refractivity contribution in [3.63, 3.8) is 0 Å². The maximum absolute atomic E-state index is 5.85. The van der Waals surface area contributed by atoms with Crippen LogP contribution in [0, 0.1) is 0 Å². The highest BCUT2D eigenvalue weighted by Gasteiger charge is 2.13. The molecular weight excluding hydrogens is 368 g/mol. The van der Waals surface area contributed by atoms with Gasteiger partial charge in [0.15, 0.2) is 5.82 Å². The summed E-state index contributed by atoms with van der Waals surface area (Å²) < 4.78 is 7.66. The fraction of sp³-hybridized carbons (Fsp3) is 0.318. The molecule has 0 saturated heterocycles. The summed E-state index contributed by atoms with van der Waals surface area (Å²) in [5.41, 5.74) is 2.35. The maximum Gasteiger partial charge on any atom is 0.211 e. The van der Waals surface area contributed by atoms with Gasteiger partial charge in [-0.25, -0.2) is 0 Å². The normalized spacial score (nSPS) is 11.4. The number of aromatic nitrogens is 3. The summed E-state index contributed by atoms with van der Waals surface area (Å²) in [6, 6.07) is 18.5. The zero-order valence-electron chi connectivity index (χ0n) is 16.6. The predicted molar refractivity (Wildman–Crippen MR) is 116 cm³/mol. The van der Waals surface area contributed by atoms with E-state index in [9.17, 15) is 0 Å². The third-order valence-electron chi connectivity index (χ3n) is 4.26. The molecule has 5 nitrogen and oxygen atoms in total. The van der Waals surface area contributed by atoms with Gasteiger partial charge in [0.2, 0.25) is 5.16 Å². The summed E-state index contributed by atoms with van der Waals surface area (Å²) in [7, 11) is 0. The minimum absolute atomic E-state index is 0.261. The van der Waals surface area contributed by atoms with Crippen molar-refractivity contribution in [3.8, 4) is 5.75 Å². The van der Waals surface area contributed by atoms with E-state index in [-0.39, 0.29) is 5.92 Å². The number of benzene rings is 2. The highest BCUT2D eigenvalue weighted by Crippen LogP contribution is 2.19. The van der Waals surface area contributed by atoms with Crippen LogP contribution in [0.1, 0.15) is 43.1 Å². The van der Waals surface area contributed by atoms with Gasteiger partial charge in [-0.3, -0.25) is 0 Å². The Morgan fingerprint density at radius 2 is 1.82 bits per heavy atom. The lowest BCUT2D eigenvalue weighted by atomic mass is 10.1. The first-order valence-corrected chi connectivity index (χ1v) is 10.7. The van der Waals surface area contributed by atoms with Crippen LogP contribution in [0.15, 0.2) is 64.9 Å². The Kier molecular flexibility index (Phi) is 7.25. The molecule has 0 aliphatic carbocycles. The quantitative estimate of drug-likeness (QED) is 0.291. The average molecular weight is 395 g/mol. The molecule has 0 radical (unpaired) electrons. The summed E-state index contributed by atoms with van der Waals surface area (Å²) in [5.74, 6) is 2.00. The Bertz CT molecular complexity index is 889. The lowest BCUT2D eigenvalue weighted by molar-refractivity contribution is 0.311. The zero-order chi connectivity index (χ0) is 19.8. The van der Waals surface area contributed by atoms with Crippen LogP contribution in [0.5, 0.6) is 5.75 Å². The number of nitrogens with zero attached hydrogens (tertiary/aromatic N) is 4. The molecule has 1 aromatic heterocycles. The van der Waals surface area contributed by atoms with Crippen LogP contribution >= 0.6 is 11.8 Å². The molecule has 0 bridgehead atoms. The smallest absolute Gasteiger partial charge is 0.211 e. The number of thioether (sulfide) groups is 1. The second-order valence-corrected chi connectivity index (χ2v) is 7.54. The lowest BCUT2D eigenvalue weighted by Crippen LogP contribution is -2.02. The number of ether oxygens (including phenoxy) is 1. The van der Waals surface area contributed by atoms with Crippen LogP contribution in [0.4, 0.5) is 0 Å². The highest BCUT2D eigenvalue weighted by atomic mass is 32.2. The van der Waals surface area contributed by atoms with E-state index in [0.717, 1.165) is 35.1 Å². The zero-order valence-corrected chi connectivity index (χ0v) is 17.4. The number of rotatable bonds is 9. The molecule has 6 heteroatoms. The molecular formula is C22H26N4OS. The van der Waals surface area contributed by atoms with Gasteiger partial charge in [0.25, 0.3) is 0 Å². The second-order valence-electron chi connectivity index (χ2n) is 6.76. The van der Waals surface area contributed by atoms with E-state index in [2.05, 4.69) is 53.4 Å². The van der Waals surface area contributed by atoms with E-state index in [4.69, 9.17) is 4.74 Å². The van der Waals surface area contributed by atoms with E-state index in [1.54, 1.807) is 0 Å². The van der Waals surface area contributed by atoms with Gasteiger partial charge in [-0.15, -0.1) is 10.2 Å². The van der Waals surface area contributed by atoms with Gasteiger partial charge in [0, 0.05) is 5.92 Å². The minimum Gasteiger partial charge on any atom is -0.494 e. The number of hydrogen-bond donors (Lipinski definition) is 0. The van der Waals surface area contributed by atoms with Crippen molar-refractivity contribution >= 4 is 18.0 Å². The topological polar surface area (TPSA) is 52.3 Å². The Hall–Kier alpha value is -2.60. The molecule has 0 saturated carbocycles. The number of hydrogen-bond acceptors (Lipinski definition) is 5. The van der Waals surface area contributed by atoms with Gasteiger partial charge >= 0.3 is 0 Å². The summed E-state index contributed by atoms with van der Waals surface area (Å²) in [6.45, 7) is 4.88. The van der Waals surface area contributed by atoms with Crippen molar-refractivity contribution in [2.24, 2.45) is 5.10 Å². The Morgan fingerprint density at radius 1 is 1.07 bits per heavy atom. The molecule has 3 aromatic rings. The molecule has 0 atom stereocenters. The molecule has 28 heavy (non-hydrogen) atoms. The van der Waals surface area contributed by atoms with Gasteiger partial charge in [-0.05, 0) is 54.5 Å². The number of aryl methyl sites for hydroxylation is 1. The van der Waals surface area contributed by atoms with Crippen molar-refractivity contribution in [1.82, 2.24) is 14.9 Å². The third kappa shape index (κ3) is 5.45. The van der Waals surface area contributed by atoms with Crippen LogP contribution in [-0.2, 0) is 6.42 Å². The van der Waals surface area contributed by atoms with Crippen molar-refractivity contribution < 1.29 is 4.74 Å². The Labute approximate surface area is 170 Å². The van der Waals surface area contributed by atoms with E-state index in [1.807, 2.05) is 47.5 Å². The van der Waals surface area contributed by atoms with Crippen LogP contribution in [0.2, 0.25) is 0 Å². The summed E-state index contributed by atoms with van der Waals surface area (Å²) in [4.78, 5) is 0. The van der Waals surface area contributed by atoms with Crippen molar-refractivity contribution in [2.45, 2.75) is 37.8 Å². The fourth-order valence-electron chi connectivity index (χ4n) is 2.76. The SMILES string of the molecule is CSc1nnc(C(C)C)n1/N=C\c1ccc(OCCCc2ccccc2)cc1. The monoisotopic (exact) mass is 394 g/mol. The molecule has 0 fully saturated rings. The first-order chi connectivity index (χ1) is 13.7. The predicted octanol–water partition coefficient (Wildman–Crippen LogP) is 5.02. The molecule has 0 spiro atoms. The van der Waals surface area contributed by atoms with Crippen molar-refractivity contribution in [1.29, 1.82) is 0 Å². The van der Waals surface area contributed by atoms with Gasteiger partial charge in [-0.2, -0.15) is 9.78 Å². The summed E-state index contributed by atoms with van der Waals surface area (Å²) >= 11 is 1.54. The van der Waals surface area contributed by atoms with Crippen LogP contribution < -0.4 is 4.74 Å². The molecule has 0 N–H and O–H groups in total. The van der Waals surface area contributed by atoms with Gasteiger partial charge in [-0.1, -0.05) is 55.9 Å². The van der Waals surface area contributed by atoms with Crippen LogP contribution in [0.3, 0.4) is 0 Å². The molecule has 1 heterocycles. The molecule has 3 rings (SSSR count). The largest absolute Gasteiger partial charge is 0.494 e. The second kappa shape index (κ2) is 10.1. The third-order valence-corrected chi connectivity index (χ3v) is 4.88. The van der Waals surface area contributed by atoms with Crippen LogP contribution in [0.25, 0.3) is 0 Å². The van der Waals surface area contributed by atoms with Crippen molar-refractivity contribution in [2.75, 3.05) is 12.9 Å². The molecule has 0 aliphatic rings. The van der Waals surface area contributed by atoms with Gasteiger partial charge in [0.1, 0.15) is 5.75 Å². The standard InChI is InChI=1S/C22H26N4OS/c1-17(2)21-24-25-22(28-3)26(21)23-16-19-11-13-20(14-12-19)27-15-7-10-18-8-5-4-6-9-18/h4-6,8-9,11-14,16-17H,7,10,15H2,1-3H3/b23-16-. The highest BCUT2D eigenvalue weighted by molar-refractivity contribution is 7.98. The summed E-state index contributed by atoms with van der Waals surface area (Å²) in [5, 5.41) is 13.8. The molecule has 0 unspecified atom stereocenters. The summed E-state index contributed by atoms with van der Waals surface area (Å²) in [6.07, 6.45) is 5.83. The van der Waals surface area contributed by atoms with E-state index in [0.29, 0.717) is 6.61 Å². The molecule has 0 aliphatic heterocycles. The Balaban J connectivity index is 1.54. The Morgan fingerprint density at radius 3 is 2.50 bits per heavy atom.